The molecule has 0 atom stereocenters. The Balaban J connectivity index is 2.08. The Morgan fingerprint density at radius 3 is 2.25 bits per heavy atom. The van der Waals surface area contributed by atoms with Gasteiger partial charge in [0.05, 0.1) is 11.8 Å². The van der Waals surface area contributed by atoms with Gasteiger partial charge in [-0.05, 0) is 0 Å². The first kappa shape index (κ1) is 19.8. The van der Waals surface area contributed by atoms with Crippen molar-refractivity contribution in [2.45, 2.75) is 24.8 Å². The molecule has 0 spiro atoms. The van der Waals surface area contributed by atoms with Crippen LogP contribution in [0.2, 0.25) is 0 Å². The Hall–Kier alpha value is -3.00. The molecule has 0 aliphatic heterocycles. The van der Waals surface area contributed by atoms with Crippen molar-refractivity contribution in [1.82, 2.24) is 28.9 Å². The molecule has 3 aromatic heterocycles. The normalized spacial score (nSPS) is 13.5. The van der Waals surface area contributed by atoms with Crippen LogP contribution in [0.4, 0.5) is 35.1 Å². The van der Waals surface area contributed by atoms with E-state index < -0.39 is 47.5 Å². The lowest BCUT2D eigenvalue weighted by Crippen LogP contribution is -2.40. The summed E-state index contributed by atoms with van der Waals surface area (Å²) in [5.41, 5.74) is -2.02. The number of rotatable bonds is 3. The summed E-state index contributed by atoms with van der Waals surface area (Å²) in [6, 6.07) is 0. The van der Waals surface area contributed by atoms with E-state index in [9.17, 15) is 39.9 Å². The lowest BCUT2D eigenvalue weighted by atomic mass is 10.2. The summed E-state index contributed by atoms with van der Waals surface area (Å²) in [5, 5.41) is 6.49. The highest BCUT2D eigenvalue weighted by atomic mass is 19.4. The second kappa shape index (κ2) is 6.00. The summed E-state index contributed by atoms with van der Waals surface area (Å²) in [4.78, 5) is 16.1. The van der Waals surface area contributed by atoms with E-state index in [1.165, 1.54) is 0 Å². The molecule has 0 amide bonds. The zero-order chi connectivity index (χ0) is 21.1. The molecule has 7 nitrogen and oxygen atoms in total. The second-order valence-electron chi connectivity index (χ2n) is 5.69. The average molecular weight is 416 g/mol. The van der Waals surface area contributed by atoms with Crippen LogP contribution < -0.4 is 5.56 Å². The quantitative estimate of drug-likeness (QED) is 0.616. The number of fused-ring (bicyclic) bond motifs is 1. The van der Waals surface area contributed by atoms with Gasteiger partial charge in [0.25, 0.3) is 5.56 Å². The van der Waals surface area contributed by atoms with Crippen molar-refractivity contribution < 1.29 is 35.1 Å². The Morgan fingerprint density at radius 1 is 1.04 bits per heavy atom. The molecule has 0 aliphatic carbocycles. The molecule has 0 saturated carbocycles. The predicted molar refractivity (Wildman–Crippen MR) is 75.5 cm³/mol. The van der Waals surface area contributed by atoms with Gasteiger partial charge in [-0.15, -0.1) is 5.10 Å². The minimum Gasteiger partial charge on any atom is -0.268 e. The summed E-state index contributed by atoms with van der Waals surface area (Å²) in [7, 11) is 1.12. The fourth-order valence-electron chi connectivity index (χ4n) is 2.36. The van der Waals surface area contributed by atoms with Gasteiger partial charge < -0.3 is 0 Å². The third-order valence-electron chi connectivity index (χ3n) is 3.66. The van der Waals surface area contributed by atoms with Crippen molar-refractivity contribution in [3.05, 3.63) is 34.8 Å². The number of nitrogens with zero attached hydrogens (tertiary/aromatic N) is 6. The number of hydrogen-bond acceptors (Lipinski definition) is 4. The first-order valence-corrected chi connectivity index (χ1v) is 7.22. The largest absolute Gasteiger partial charge is 0.455 e. The van der Waals surface area contributed by atoms with Gasteiger partial charge in [0.2, 0.25) is 11.6 Å². The first-order valence-electron chi connectivity index (χ1n) is 7.22. The average Bonchev–Trinajstić information content (AvgIpc) is 3.11. The van der Waals surface area contributed by atoms with Crippen LogP contribution in [-0.2, 0) is 19.8 Å². The van der Waals surface area contributed by atoms with E-state index >= 15 is 0 Å². The molecule has 0 saturated heterocycles. The molecule has 0 N–H and O–H groups in total. The van der Waals surface area contributed by atoms with Crippen LogP contribution in [0.1, 0.15) is 5.82 Å². The summed E-state index contributed by atoms with van der Waals surface area (Å²) in [6.45, 7) is -1.87. The van der Waals surface area contributed by atoms with E-state index in [1.807, 2.05) is 0 Å². The summed E-state index contributed by atoms with van der Waals surface area (Å²) >= 11 is 0. The van der Waals surface area contributed by atoms with Crippen LogP contribution in [0.5, 0.6) is 0 Å². The molecule has 0 unspecified atom stereocenters. The van der Waals surface area contributed by atoms with Crippen molar-refractivity contribution >= 4 is 5.78 Å². The molecular weight excluding hydrogens is 408 g/mol. The Bertz CT molecular complexity index is 1090. The second-order valence-corrected chi connectivity index (χ2v) is 5.69. The number of hydrogen-bond donors (Lipinski definition) is 0. The first-order chi connectivity index (χ1) is 12.7. The Labute approximate surface area is 148 Å². The number of aryl methyl sites for hydroxylation is 1. The topological polar surface area (TPSA) is 70.0 Å². The van der Waals surface area contributed by atoms with Crippen LogP contribution in [0.15, 0.2) is 23.4 Å². The van der Waals surface area contributed by atoms with Gasteiger partial charge in [0.15, 0.2) is 0 Å². The highest BCUT2D eigenvalue weighted by Crippen LogP contribution is 2.36. The molecule has 0 fully saturated rings. The Kier molecular flexibility index (Phi) is 4.23. The van der Waals surface area contributed by atoms with Gasteiger partial charge in [-0.2, -0.15) is 40.2 Å². The zero-order valence-corrected chi connectivity index (χ0v) is 13.6. The smallest absolute Gasteiger partial charge is 0.268 e. The lowest BCUT2D eigenvalue weighted by molar-refractivity contribution is -0.287. The fraction of sp³-hybridized carbons (Fsp3) is 0.385. The van der Waals surface area contributed by atoms with Crippen LogP contribution in [0, 0.1) is 0 Å². The maximum atomic E-state index is 13.1. The monoisotopic (exact) mass is 416 g/mol. The van der Waals surface area contributed by atoms with Crippen LogP contribution in [0.3, 0.4) is 0 Å². The molecule has 152 valence electrons. The highest BCUT2D eigenvalue weighted by molar-refractivity contribution is 5.60. The van der Waals surface area contributed by atoms with Gasteiger partial charge in [0.1, 0.15) is 6.54 Å². The molecule has 3 heterocycles. The van der Waals surface area contributed by atoms with E-state index in [1.54, 1.807) is 0 Å². The van der Waals surface area contributed by atoms with Crippen molar-refractivity contribution in [2.75, 3.05) is 0 Å². The van der Waals surface area contributed by atoms with Crippen molar-refractivity contribution in [2.24, 2.45) is 7.05 Å². The standard InChI is InChI=1S/C13H8F8N6O/c1-25-10-22-3-7(8(28)27(10)9(24-25)12(16,17)18)6-2-23-26(4-6)5-11(14,15)13(19,20)21/h2-4H,5H2,1H3. The summed E-state index contributed by atoms with van der Waals surface area (Å²) in [6.07, 6.45) is -8.53. The molecule has 15 heteroatoms. The minimum absolute atomic E-state index is 0.164. The Morgan fingerprint density at radius 2 is 1.68 bits per heavy atom. The third-order valence-corrected chi connectivity index (χ3v) is 3.66. The molecule has 0 radical (unpaired) electrons. The summed E-state index contributed by atoms with van der Waals surface area (Å²) < 4.78 is 103. The van der Waals surface area contributed by atoms with E-state index in [0.29, 0.717) is 10.9 Å². The molecule has 3 rings (SSSR count). The van der Waals surface area contributed by atoms with Crippen molar-refractivity contribution in [3.63, 3.8) is 0 Å². The van der Waals surface area contributed by atoms with Crippen LogP contribution in [0.25, 0.3) is 16.9 Å². The van der Waals surface area contributed by atoms with E-state index in [-0.39, 0.29) is 14.6 Å². The third kappa shape index (κ3) is 3.20. The van der Waals surface area contributed by atoms with Gasteiger partial charge in [0, 0.05) is 25.0 Å². The predicted octanol–water partition coefficient (Wildman–Crippen LogP) is 2.51. The molecule has 0 aliphatic rings. The van der Waals surface area contributed by atoms with Crippen LogP contribution in [-0.4, -0.2) is 41.0 Å². The SMILES string of the molecule is Cn1nc(C(F)(F)F)n2c(=O)c(-c3cnn(CC(F)(F)C(F)(F)F)c3)cnc12. The van der Waals surface area contributed by atoms with E-state index in [4.69, 9.17) is 0 Å². The highest BCUT2D eigenvalue weighted by Gasteiger charge is 2.57. The van der Waals surface area contributed by atoms with E-state index in [2.05, 4.69) is 15.2 Å². The lowest BCUT2D eigenvalue weighted by Gasteiger charge is -2.19. The van der Waals surface area contributed by atoms with Gasteiger partial charge in [-0.1, -0.05) is 0 Å². The molecule has 28 heavy (non-hydrogen) atoms. The number of halogens is 8. The number of aromatic nitrogens is 6. The zero-order valence-electron chi connectivity index (χ0n) is 13.6. The number of alkyl halides is 8. The van der Waals surface area contributed by atoms with Crippen molar-refractivity contribution in [1.29, 1.82) is 0 Å². The molecule has 0 aromatic carbocycles. The van der Waals surface area contributed by atoms with Crippen LogP contribution >= 0.6 is 0 Å². The van der Waals surface area contributed by atoms with Gasteiger partial charge in [-0.3, -0.25) is 9.48 Å². The minimum atomic E-state index is -5.82. The van der Waals surface area contributed by atoms with Gasteiger partial charge >= 0.3 is 18.3 Å². The molecule has 0 bridgehead atoms. The maximum absolute atomic E-state index is 13.1. The fourth-order valence-corrected chi connectivity index (χ4v) is 2.36. The van der Waals surface area contributed by atoms with E-state index in [0.717, 1.165) is 19.4 Å². The maximum Gasteiger partial charge on any atom is 0.455 e. The molecule has 3 aromatic rings. The molecular formula is C13H8F8N6O. The summed E-state index contributed by atoms with van der Waals surface area (Å²) in [5.74, 6) is -7.11. The van der Waals surface area contributed by atoms with Crippen molar-refractivity contribution in [3.8, 4) is 11.1 Å². The van der Waals surface area contributed by atoms with Gasteiger partial charge in [-0.25, -0.2) is 14.1 Å².